The van der Waals surface area contributed by atoms with Crippen molar-refractivity contribution in [2.24, 2.45) is 0 Å². The Morgan fingerprint density at radius 3 is 2.78 bits per heavy atom. The number of methoxy groups -OCH3 is 1. The zero-order chi connectivity index (χ0) is 19.8. The van der Waals surface area contributed by atoms with Gasteiger partial charge in [-0.3, -0.25) is 0 Å². The zero-order valence-electron chi connectivity index (χ0n) is 14.8. The summed E-state index contributed by atoms with van der Waals surface area (Å²) >= 11 is 0. The molecular formula is C19H19N5O3. The summed E-state index contributed by atoms with van der Waals surface area (Å²) in [4.78, 5) is 0. The van der Waals surface area contributed by atoms with Gasteiger partial charge in [0.05, 0.1) is 25.8 Å². The first-order chi connectivity index (χ1) is 13.1. The van der Waals surface area contributed by atoms with Gasteiger partial charge in [-0.15, -0.1) is 0 Å². The monoisotopic (exact) mass is 365 g/mol. The Bertz CT molecular complexity index is 947. The number of rotatable bonds is 8. The van der Waals surface area contributed by atoms with Crippen molar-refractivity contribution in [1.29, 1.82) is 10.5 Å². The number of aliphatic hydroxyl groups excluding tert-OH is 1. The fourth-order valence-corrected chi connectivity index (χ4v) is 2.40. The van der Waals surface area contributed by atoms with E-state index in [-0.39, 0.29) is 35.8 Å². The molecule has 8 nitrogen and oxygen atoms in total. The van der Waals surface area contributed by atoms with Crippen LogP contribution in [-0.4, -0.2) is 35.2 Å². The van der Waals surface area contributed by atoms with Crippen LogP contribution in [0.25, 0.3) is 11.6 Å². The van der Waals surface area contributed by atoms with Crippen LogP contribution in [0.2, 0.25) is 0 Å². The van der Waals surface area contributed by atoms with Gasteiger partial charge in [-0.2, -0.15) is 15.6 Å². The summed E-state index contributed by atoms with van der Waals surface area (Å²) in [6, 6.07) is 9.17. The predicted molar refractivity (Wildman–Crippen MR) is 101 cm³/mol. The van der Waals surface area contributed by atoms with Crippen molar-refractivity contribution < 1.29 is 14.6 Å². The highest BCUT2D eigenvalue weighted by Gasteiger charge is 2.19. The van der Waals surface area contributed by atoms with E-state index in [1.54, 1.807) is 30.4 Å². The minimum atomic E-state index is -0.189. The molecule has 3 N–H and O–H groups in total. The van der Waals surface area contributed by atoms with Crippen molar-refractivity contribution in [3.63, 3.8) is 0 Å². The van der Waals surface area contributed by atoms with E-state index >= 15 is 0 Å². The average molecular weight is 365 g/mol. The second kappa shape index (κ2) is 9.09. The molecule has 1 heterocycles. The Hall–Kier alpha value is -3.75. The fourth-order valence-electron chi connectivity index (χ4n) is 2.40. The number of aliphatic hydroxyl groups is 1. The molecule has 1 aromatic carbocycles. The van der Waals surface area contributed by atoms with Gasteiger partial charge in [-0.05, 0) is 23.8 Å². The standard InChI is InChI=1S/C19H19N5O3/c1-3-8-27-16-5-4-13(10-17(16)26-2)9-14(11-20)18-15(12-21)19(22)24(23-18)6-7-25/h3-5,9-10,25H,1,6-8,22H2,2H3/b14-9+. The Morgan fingerprint density at radius 2 is 2.19 bits per heavy atom. The van der Waals surface area contributed by atoms with Gasteiger partial charge in [0.25, 0.3) is 0 Å². The molecule has 2 aromatic rings. The summed E-state index contributed by atoms with van der Waals surface area (Å²) in [6.07, 6.45) is 3.20. The van der Waals surface area contributed by atoms with Crippen molar-refractivity contribution in [1.82, 2.24) is 9.78 Å². The Balaban J connectivity index is 2.48. The second-order valence-electron chi connectivity index (χ2n) is 5.35. The molecule has 0 aliphatic heterocycles. The van der Waals surface area contributed by atoms with E-state index in [1.807, 2.05) is 12.1 Å². The van der Waals surface area contributed by atoms with E-state index < -0.39 is 0 Å². The molecule has 1 aromatic heterocycles. The number of ether oxygens (including phenoxy) is 2. The van der Waals surface area contributed by atoms with Gasteiger partial charge in [-0.25, -0.2) is 4.68 Å². The van der Waals surface area contributed by atoms with Crippen molar-refractivity contribution in [2.45, 2.75) is 6.54 Å². The molecule has 0 fully saturated rings. The maximum atomic E-state index is 9.55. The largest absolute Gasteiger partial charge is 0.493 e. The summed E-state index contributed by atoms with van der Waals surface area (Å²) in [5.41, 5.74) is 6.96. The number of nitrogen functional groups attached to an aromatic ring is 1. The van der Waals surface area contributed by atoms with E-state index in [4.69, 9.17) is 20.3 Å². The van der Waals surface area contributed by atoms with Gasteiger partial charge in [0.2, 0.25) is 0 Å². The van der Waals surface area contributed by atoms with Crippen molar-refractivity contribution >= 4 is 17.5 Å². The molecular weight excluding hydrogens is 346 g/mol. The topological polar surface area (TPSA) is 130 Å². The summed E-state index contributed by atoms with van der Waals surface area (Å²) in [5.74, 6) is 1.14. The van der Waals surface area contributed by atoms with E-state index in [9.17, 15) is 10.5 Å². The molecule has 0 bridgehead atoms. The van der Waals surface area contributed by atoms with Gasteiger partial charge >= 0.3 is 0 Å². The smallest absolute Gasteiger partial charge is 0.161 e. The number of nitrogens with zero attached hydrogens (tertiary/aromatic N) is 4. The van der Waals surface area contributed by atoms with Crippen molar-refractivity contribution in [2.75, 3.05) is 26.1 Å². The lowest BCUT2D eigenvalue weighted by Gasteiger charge is -2.10. The van der Waals surface area contributed by atoms with Crippen LogP contribution in [0.1, 0.15) is 16.8 Å². The fraction of sp³-hybridized carbons (Fsp3) is 0.211. The molecule has 0 amide bonds. The van der Waals surface area contributed by atoms with Gasteiger partial charge in [0.15, 0.2) is 11.5 Å². The van der Waals surface area contributed by atoms with Crippen molar-refractivity contribution in [3.05, 3.63) is 47.7 Å². The van der Waals surface area contributed by atoms with Crippen LogP contribution in [0.15, 0.2) is 30.9 Å². The molecule has 138 valence electrons. The number of hydrogen-bond donors (Lipinski definition) is 2. The number of hydrogen-bond acceptors (Lipinski definition) is 7. The Morgan fingerprint density at radius 1 is 1.41 bits per heavy atom. The van der Waals surface area contributed by atoms with Crippen LogP contribution in [0.5, 0.6) is 11.5 Å². The first-order valence-electron chi connectivity index (χ1n) is 8.00. The molecule has 0 radical (unpaired) electrons. The van der Waals surface area contributed by atoms with E-state index in [0.29, 0.717) is 23.7 Å². The zero-order valence-corrected chi connectivity index (χ0v) is 14.8. The summed E-state index contributed by atoms with van der Waals surface area (Å²) < 4.78 is 12.1. The average Bonchev–Trinajstić information content (AvgIpc) is 3.00. The highest BCUT2D eigenvalue weighted by molar-refractivity contribution is 5.91. The quantitative estimate of drug-likeness (QED) is 0.540. The molecule has 0 atom stereocenters. The first kappa shape index (κ1) is 19.6. The van der Waals surface area contributed by atoms with Gasteiger partial charge in [-0.1, -0.05) is 18.7 Å². The number of nitriles is 2. The Kier molecular flexibility index (Phi) is 6.59. The number of benzene rings is 1. The molecule has 2 rings (SSSR count). The molecule has 0 spiro atoms. The van der Waals surface area contributed by atoms with Crippen LogP contribution < -0.4 is 15.2 Å². The van der Waals surface area contributed by atoms with Crippen LogP contribution >= 0.6 is 0 Å². The third-order valence-electron chi connectivity index (χ3n) is 3.65. The molecule has 8 heteroatoms. The van der Waals surface area contributed by atoms with Gasteiger partial charge in [0, 0.05) is 0 Å². The molecule has 0 saturated heterocycles. The minimum Gasteiger partial charge on any atom is -0.493 e. The van der Waals surface area contributed by atoms with Gasteiger partial charge < -0.3 is 20.3 Å². The SMILES string of the molecule is C=CCOc1ccc(/C=C(\C#N)c2nn(CCO)c(N)c2C#N)cc1OC. The van der Waals surface area contributed by atoms with Gasteiger partial charge in [0.1, 0.15) is 35.8 Å². The maximum Gasteiger partial charge on any atom is 0.161 e. The van der Waals surface area contributed by atoms with Crippen LogP contribution in [-0.2, 0) is 6.54 Å². The number of aromatic nitrogens is 2. The third kappa shape index (κ3) is 4.27. The highest BCUT2D eigenvalue weighted by Crippen LogP contribution is 2.30. The number of nitrogens with two attached hydrogens (primary N) is 1. The first-order valence-corrected chi connectivity index (χ1v) is 8.00. The predicted octanol–water partition coefficient (Wildman–Crippen LogP) is 1.97. The summed E-state index contributed by atoms with van der Waals surface area (Å²) in [5, 5.41) is 32.2. The van der Waals surface area contributed by atoms with E-state index in [0.717, 1.165) is 0 Å². The molecule has 0 aliphatic carbocycles. The number of allylic oxidation sites excluding steroid dienone is 1. The highest BCUT2D eigenvalue weighted by atomic mass is 16.5. The molecule has 27 heavy (non-hydrogen) atoms. The lowest BCUT2D eigenvalue weighted by Crippen LogP contribution is -2.07. The lowest BCUT2D eigenvalue weighted by molar-refractivity contribution is 0.270. The maximum absolute atomic E-state index is 9.55. The minimum absolute atomic E-state index is 0.0918. The van der Waals surface area contributed by atoms with Crippen LogP contribution in [0.3, 0.4) is 0 Å². The van der Waals surface area contributed by atoms with E-state index in [1.165, 1.54) is 11.8 Å². The van der Waals surface area contributed by atoms with Crippen molar-refractivity contribution in [3.8, 4) is 23.6 Å². The second-order valence-corrected chi connectivity index (χ2v) is 5.35. The Labute approximate surface area is 157 Å². The van der Waals surface area contributed by atoms with Crippen LogP contribution in [0, 0.1) is 22.7 Å². The normalized spacial score (nSPS) is 10.7. The third-order valence-corrected chi connectivity index (χ3v) is 3.65. The molecule has 0 saturated carbocycles. The van der Waals surface area contributed by atoms with E-state index in [2.05, 4.69) is 11.7 Å². The molecule has 0 aliphatic rings. The number of anilines is 1. The summed E-state index contributed by atoms with van der Waals surface area (Å²) in [7, 11) is 1.51. The summed E-state index contributed by atoms with van der Waals surface area (Å²) in [6.45, 7) is 3.87. The van der Waals surface area contributed by atoms with Crippen LogP contribution in [0.4, 0.5) is 5.82 Å². The lowest BCUT2D eigenvalue weighted by atomic mass is 10.1. The molecule has 0 unspecified atom stereocenters.